The molecule has 1 saturated heterocycles. The molecular formula is C20H24Cl2FNO4. The molecule has 1 aliphatic heterocycles. The molecule has 0 spiro atoms. The zero-order valence-corrected chi connectivity index (χ0v) is 17.9. The van der Waals surface area contributed by atoms with Crippen molar-refractivity contribution >= 4 is 35.3 Å². The number of esters is 1. The first-order valence-corrected chi connectivity index (χ1v) is 9.97. The summed E-state index contributed by atoms with van der Waals surface area (Å²) in [6.45, 7) is 6.93. The predicted molar refractivity (Wildman–Crippen MR) is 105 cm³/mol. The van der Waals surface area contributed by atoms with Crippen LogP contribution >= 0.6 is 23.2 Å². The summed E-state index contributed by atoms with van der Waals surface area (Å²) in [6.07, 6.45) is -1.89. The lowest BCUT2D eigenvalue weighted by Gasteiger charge is -2.39. The van der Waals surface area contributed by atoms with Crippen molar-refractivity contribution < 1.29 is 23.5 Å². The summed E-state index contributed by atoms with van der Waals surface area (Å²) in [5, 5.41) is 0.644. The first-order chi connectivity index (χ1) is 13.0. The molecule has 1 heterocycles. The number of piperidine rings is 1. The van der Waals surface area contributed by atoms with E-state index in [9.17, 15) is 9.59 Å². The number of halogens is 3. The van der Waals surface area contributed by atoms with Gasteiger partial charge in [0, 0.05) is 12.0 Å². The molecule has 0 bridgehead atoms. The van der Waals surface area contributed by atoms with E-state index in [2.05, 4.69) is 0 Å². The molecule has 2 fully saturated rings. The molecule has 5 nitrogen and oxygen atoms in total. The van der Waals surface area contributed by atoms with E-state index in [1.165, 1.54) is 4.90 Å². The van der Waals surface area contributed by atoms with Crippen LogP contribution in [0.25, 0.3) is 0 Å². The number of fused-ring (bicyclic) bond motifs is 1. The van der Waals surface area contributed by atoms with E-state index >= 15 is 4.39 Å². The second-order valence-electron chi connectivity index (χ2n) is 8.41. The first kappa shape index (κ1) is 21.2. The Hall–Kier alpha value is -1.53. The molecule has 1 aromatic rings. The van der Waals surface area contributed by atoms with Crippen LogP contribution in [0.4, 0.5) is 9.18 Å². The second kappa shape index (κ2) is 7.06. The average Bonchev–Trinajstić information content (AvgIpc) is 3.28. The minimum absolute atomic E-state index is 0.0292. The van der Waals surface area contributed by atoms with Gasteiger partial charge < -0.3 is 14.4 Å². The predicted octanol–water partition coefficient (Wildman–Crippen LogP) is 4.77. The van der Waals surface area contributed by atoms with Gasteiger partial charge in [0.2, 0.25) is 0 Å². The number of nitrogens with zero attached hydrogens (tertiary/aromatic N) is 1. The molecule has 1 aliphatic carbocycles. The number of ether oxygens (including phenoxy) is 2. The molecule has 0 aromatic heterocycles. The summed E-state index contributed by atoms with van der Waals surface area (Å²) in [7, 11) is 0. The van der Waals surface area contributed by atoms with Crippen LogP contribution in [0.1, 0.15) is 39.7 Å². The fourth-order valence-corrected chi connectivity index (χ4v) is 4.46. The van der Waals surface area contributed by atoms with Crippen molar-refractivity contribution in [3.63, 3.8) is 0 Å². The van der Waals surface area contributed by atoms with Crippen LogP contribution in [-0.2, 0) is 19.7 Å². The van der Waals surface area contributed by atoms with E-state index in [4.69, 9.17) is 32.7 Å². The first-order valence-electron chi connectivity index (χ1n) is 9.21. The normalized spacial score (nSPS) is 29.1. The van der Waals surface area contributed by atoms with Gasteiger partial charge in [-0.2, -0.15) is 0 Å². The van der Waals surface area contributed by atoms with Crippen molar-refractivity contribution in [2.24, 2.45) is 5.41 Å². The fraction of sp³-hybridized carbons (Fsp3) is 0.600. The Morgan fingerprint density at radius 2 is 1.96 bits per heavy atom. The Labute approximate surface area is 174 Å². The van der Waals surface area contributed by atoms with Crippen molar-refractivity contribution in [3.8, 4) is 0 Å². The maximum absolute atomic E-state index is 15.5. The smallest absolute Gasteiger partial charge is 0.410 e. The van der Waals surface area contributed by atoms with Crippen LogP contribution in [0.5, 0.6) is 0 Å². The van der Waals surface area contributed by atoms with Crippen molar-refractivity contribution in [2.45, 2.75) is 51.3 Å². The molecular weight excluding hydrogens is 408 g/mol. The van der Waals surface area contributed by atoms with Crippen LogP contribution < -0.4 is 0 Å². The fourth-order valence-electron chi connectivity index (χ4n) is 4.17. The van der Waals surface area contributed by atoms with Crippen molar-refractivity contribution in [2.75, 3.05) is 19.7 Å². The van der Waals surface area contributed by atoms with E-state index in [1.54, 1.807) is 45.9 Å². The number of rotatable bonds is 3. The highest BCUT2D eigenvalue weighted by molar-refractivity contribution is 6.42. The number of carbonyl (C=O) groups is 2. The van der Waals surface area contributed by atoms with E-state index in [0.717, 1.165) is 0 Å². The van der Waals surface area contributed by atoms with Gasteiger partial charge in [-0.3, -0.25) is 4.79 Å². The standard InChI is InChI=1S/C20H24Cl2FNO4/c1-5-27-16(25)19-10-20(19,12-6-7-13(21)14(22)8-12)15(23)9-24(11-19)17(26)28-18(2,3)4/h6-8,15H,5,9-11H2,1-4H3/t15-,19-,20+/m1/s1. The summed E-state index contributed by atoms with van der Waals surface area (Å²) < 4.78 is 26.2. The molecule has 1 aromatic carbocycles. The molecule has 28 heavy (non-hydrogen) atoms. The zero-order valence-electron chi connectivity index (χ0n) is 16.4. The molecule has 0 radical (unpaired) electrons. The summed E-state index contributed by atoms with van der Waals surface area (Å²) in [6, 6.07) is 4.88. The van der Waals surface area contributed by atoms with Crippen molar-refractivity contribution in [1.82, 2.24) is 4.90 Å². The van der Waals surface area contributed by atoms with E-state index in [1.807, 2.05) is 0 Å². The number of hydrogen-bond donors (Lipinski definition) is 0. The van der Waals surface area contributed by atoms with Gasteiger partial charge in [0.25, 0.3) is 0 Å². The molecule has 154 valence electrons. The highest BCUT2D eigenvalue weighted by atomic mass is 35.5. The van der Waals surface area contributed by atoms with E-state index in [0.29, 0.717) is 15.6 Å². The molecule has 0 N–H and O–H groups in total. The number of benzene rings is 1. The Bertz CT molecular complexity index is 812. The van der Waals surface area contributed by atoms with Crippen molar-refractivity contribution in [1.29, 1.82) is 0 Å². The third-order valence-corrected chi connectivity index (χ3v) is 6.18. The summed E-state index contributed by atoms with van der Waals surface area (Å²) >= 11 is 12.1. The minimum Gasteiger partial charge on any atom is -0.465 e. The van der Waals surface area contributed by atoms with Crippen LogP contribution in [0.3, 0.4) is 0 Å². The van der Waals surface area contributed by atoms with Crippen molar-refractivity contribution in [3.05, 3.63) is 33.8 Å². The maximum atomic E-state index is 15.5. The Kier molecular flexibility index (Phi) is 5.34. The van der Waals surface area contributed by atoms with Gasteiger partial charge in [0.1, 0.15) is 11.8 Å². The number of likely N-dealkylation sites (tertiary alicyclic amines) is 1. The van der Waals surface area contributed by atoms with Crippen LogP contribution in [0.2, 0.25) is 10.0 Å². The molecule has 1 saturated carbocycles. The second-order valence-corrected chi connectivity index (χ2v) is 9.22. The van der Waals surface area contributed by atoms with Crippen LogP contribution in [-0.4, -0.2) is 48.4 Å². The molecule has 3 rings (SSSR count). The summed E-state index contributed by atoms with van der Waals surface area (Å²) in [4.78, 5) is 26.7. The number of hydrogen-bond acceptors (Lipinski definition) is 4. The monoisotopic (exact) mass is 431 g/mol. The average molecular weight is 432 g/mol. The van der Waals surface area contributed by atoms with Gasteiger partial charge in [-0.1, -0.05) is 29.3 Å². The molecule has 1 amide bonds. The van der Waals surface area contributed by atoms with Gasteiger partial charge in [0.05, 0.1) is 28.6 Å². The van der Waals surface area contributed by atoms with Gasteiger partial charge in [-0.15, -0.1) is 0 Å². The highest BCUT2D eigenvalue weighted by Crippen LogP contribution is 2.70. The lowest BCUT2D eigenvalue weighted by Crippen LogP contribution is -2.55. The molecule has 2 aliphatic rings. The number of carbonyl (C=O) groups excluding carboxylic acids is 2. The summed E-state index contributed by atoms with van der Waals surface area (Å²) in [5.74, 6) is -0.517. The quantitative estimate of drug-likeness (QED) is 0.646. The third kappa shape index (κ3) is 3.35. The van der Waals surface area contributed by atoms with Crippen LogP contribution in [0.15, 0.2) is 18.2 Å². The minimum atomic E-state index is -1.48. The maximum Gasteiger partial charge on any atom is 0.410 e. The third-order valence-electron chi connectivity index (χ3n) is 5.44. The van der Waals surface area contributed by atoms with Gasteiger partial charge >= 0.3 is 12.1 Å². The Morgan fingerprint density at radius 1 is 1.29 bits per heavy atom. The van der Waals surface area contributed by atoms with Gasteiger partial charge in [0.15, 0.2) is 0 Å². The number of alkyl halides is 1. The molecule has 3 atom stereocenters. The van der Waals surface area contributed by atoms with E-state index in [-0.39, 0.29) is 26.1 Å². The van der Waals surface area contributed by atoms with Gasteiger partial charge in [-0.05, 0) is 51.8 Å². The topological polar surface area (TPSA) is 55.8 Å². The Morgan fingerprint density at radius 3 is 2.54 bits per heavy atom. The lowest BCUT2D eigenvalue weighted by atomic mass is 9.79. The van der Waals surface area contributed by atoms with Gasteiger partial charge in [-0.25, -0.2) is 9.18 Å². The Balaban J connectivity index is 1.98. The SMILES string of the molecule is CCOC(=O)[C@@]12CN(C(=O)OC(C)(C)C)C[C@@H](F)[C@@]1(c1ccc(Cl)c(Cl)c1)C2. The molecule has 8 heteroatoms. The highest BCUT2D eigenvalue weighted by Gasteiger charge is 2.79. The molecule has 0 unspecified atom stereocenters. The zero-order chi connectivity index (χ0) is 20.9. The summed E-state index contributed by atoms with van der Waals surface area (Å²) in [5.41, 5.74) is -2.39. The number of amides is 1. The van der Waals surface area contributed by atoms with E-state index < -0.39 is 34.7 Å². The lowest BCUT2D eigenvalue weighted by molar-refractivity contribution is -0.153. The largest absolute Gasteiger partial charge is 0.465 e. The van der Waals surface area contributed by atoms with Crippen LogP contribution in [0, 0.1) is 5.41 Å².